The van der Waals surface area contributed by atoms with Crippen LogP contribution >= 0.6 is 11.3 Å². The molecular formula is C24H16O2S2. The first-order valence-electron chi connectivity index (χ1n) is 8.95. The van der Waals surface area contributed by atoms with E-state index in [9.17, 15) is 8.42 Å². The van der Waals surface area contributed by atoms with Crippen molar-refractivity contribution in [3.05, 3.63) is 97.1 Å². The van der Waals surface area contributed by atoms with Gasteiger partial charge in [0.1, 0.15) is 0 Å². The van der Waals surface area contributed by atoms with Gasteiger partial charge in [-0.25, -0.2) is 8.42 Å². The zero-order chi connectivity index (χ0) is 19.1. The van der Waals surface area contributed by atoms with Gasteiger partial charge in [-0.05, 0) is 41.5 Å². The van der Waals surface area contributed by atoms with Crippen molar-refractivity contribution in [2.45, 2.75) is 9.79 Å². The van der Waals surface area contributed by atoms with Crippen LogP contribution < -0.4 is 0 Å². The third-order valence-corrected chi connectivity index (χ3v) is 7.94. The maximum absolute atomic E-state index is 12.8. The smallest absolute Gasteiger partial charge is 0.206 e. The molecule has 0 spiro atoms. The summed E-state index contributed by atoms with van der Waals surface area (Å²) >= 11 is 1.77. The van der Waals surface area contributed by atoms with E-state index in [0.29, 0.717) is 9.79 Å². The summed E-state index contributed by atoms with van der Waals surface area (Å²) in [4.78, 5) is 0.625. The second-order valence-corrected chi connectivity index (χ2v) is 9.62. The lowest BCUT2D eigenvalue weighted by atomic mass is 10.0. The SMILES string of the molecule is O=S(=O)(c1ccccc1)c1ccc(-c2cccc3c2sc2ccccc23)cc1. The van der Waals surface area contributed by atoms with E-state index < -0.39 is 9.84 Å². The van der Waals surface area contributed by atoms with E-state index in [4.69, 9.17) is 0 Å². The zero-order valence-corrected chi connectivity index (χ0v) is 16.5. The first-order valence-corrected chi connectivity index (χ1v) is 11.3. The Hall–Kier alpha value is -2.95. The molecule has 5 rings (SSSR count). The molecule has 5 aromatic rings. The fraction of sp³-hybridized carbons (Fsp3) is 0. The molecule has 0 bridgehead atoms. The average Bonchev–Trinajstić information content (AvgIpc) is 3.13. The molecule has 0 amide bonds. The number of hydrogen-bond acceptors (Lipinski definition) is 3. The van der Waals surface area contributed by atoms with Crippen LogP contribution in [0.25, 0.3) is 31.3 Å². The molecule has 28 heavy (non-hydrogen) atoms. The van der Waals surface area contributed by atoms with Crippen molar-refractivity contribution in [3.63, 3.8) is 0 Å². The molecule has 0 aliphatic heterocycles. The van der Waals surface area contributed by atoms with E-state index in [1.54, 1.807) is 47.7 Å². The quantitative estimate of drug-likeness (QED) is 0.344. The fourth-order valence-corrected chi connectivity index (χ4v) is 6.04. The highest BCUT2D eigenvalue weighted by Crippen LogP contribution is 2.39. The van der Waals surface area contributed by atoms with Crippen molar-refractivity contribution in [1.29, 1.82) is 0 Å². The van der Waals surface area contributed by atoms with Crippen molar-refractivity contribution in [2.24, 2.45) is 0 Å². The fourth-order valence-electron chi connectivity index (χ4n) is 3.52. The second-order valence-electron chi connectivity index (χ2n) is 6.62. The molecule has 0 aliphatic rings. The van der Waals surface area contributed by atoms with Gasteiger partial charge >= 0.3 is 0 Å². The minimum atomic E-state index is -3.50. The first-order chi connectivity index (χ1) is 13.6. The van der Waals surface area contributed by atoms with Gasteiger partial charge in [0, 0.05) is 20.2 Å². The van der Waals surface area contributed by atoms with Gasteiger partial charge in [-0.3, -0.25) is 0 Å². The summed E-state index contributed by atoms with van der Waals surface area (Å²) in [6.07, 6.45) is 0. The molecule has 0 unspecified atom stereocenters. The summed E-state index contributed by atoms with van der Waals surface area (Å²) in [5, 5.41) is 2.49. The van der Waals surface area contributed by atoms with Gasteiger partial charge in [-0.15, -0.1) is 11.3 Å². The summed E-state index contributed by atoms with van der Waals surface area (Å²) in [6.45, 7) is 0. The molecule has 0 atom stereocenters. The Kier molecular flexibility index (Phi) is 4.04. The molecule has 0 fully saturated rings. The molecule has 136 valence electrons. The number of hydrogen-bond donors (Lipinski definition) is 0. The summed E-state index contributed by atoms with van der Waals surface area (Å²) in [7, 11) is -3.50. The Bertz CT molecular complexity index is 1400. The minimum absolute atomic E-state index is 0.311. The van der Waals surface area contributed by atoms with Crippen molar-refractivity contribution in [3.8, 4) is 11.1 Å². The molecule has 0 radical (unpaired) electrons. The maximum atomic E-state index is 12.8. The van der Waals surface area contributed by atoms with Gasteiger partial charge in [-0.1, -0.05) is 66.7 Å². The zero-order valence-electron chi connectivity index (χ0n) is 14.9. The molecule has 1 aromatic heterocycles. The van der Waals surface area contributed by atoms with E-state index in [0.717, 1.165) is 11.1 Å². The number of thiophene rings is 1. The molecular weight excluding hydrogens is 384 g/mol. The highest BCUT2D eigenvalue weighted by atomic mass is 32.2. The Morgan fingerprint density at radius 2 is 1.21 bits per heavy atom. The average molecular weight is 401 g/mol. The largest absolute Gasteiger partial charge is 0.219 e. The minimum Gasteiger partial charge on any atom is -0.219 e. The van der Waals surface area contributed by atoms with Crippen molar-refractivity contribution >= 4 is 41.3 Å². The van der Waals surface area contributed by atoms with Gasteiger partial charge in [0.15, 0.2) is 0 Å². The molecule has 1 heterocycles. The van der Waals surface area contributed by atoms with Crippen LogP contribution in [0.3, 0.4) is 0 Å². The molecule has 0 saturated heterocycles. The number of sulfone groups is 1. The van der Waals surface area contributed by atoms with Crippen LogP contribution in [0.5, 0.6) is 0 Å². The standard InChI is InChI=1S/C24H16O2S2/c25-28(26,18-7-2-1-3-8-18)19-15-13-17(14-16-19)20-10-6-11-22-21-9-4-5-12-23(21)27-24(20)22/h1-16H. The van der Waals surface area contributed by atoms with Gasteiger partial charge < -0.3 is 0 Å². The molecule has 2 nitrogen and oxygen atoms in total. The summed E-state index contributed by atoms with van der Waals surface area (Å²) < 4.78 is 28.1. The molecule has 0 aliphatic carbocycles. The first kappa shape index (κ1) is 17.2. The molecule has 0 saturated carbocycles. The summed E-state index contributed by atoms with van der Waals surface area (Å²) in [5.41, 5.74) is 2.14. The second kappa shape index (κ2) is 6.59. The van der Waals surface area contributed by atoms with Crippen LogP contribution in [0, 0.1) is 0 Å². The van der Waals surface area contributed by atoms with Crippen LogP contribution in [0.2, 0.25) is 0 Å². The van der Waals surface area contributed by atoms with Crippen molar-refractivity contribution in [1.82, 2.24) is 0 Å². The summed E-state index contributed by atoms with van der Waals surface area (Å²) in [5.74, 6) is 0. The van der Waals surface area contributed by atoms with Gasteiger partial charge in [0.25, 0.3) is 0 Å². The van der Waals surface area contributed by atoms with E-state index in [1.807, 2.05) is 18.2 Å². The van der Waals surface area contributed by atoms with E-state index in [1.165, 1.54) is 20.2 Å². The van der Waals surface area contributed by atoms with Crippen molar-refractivity contribution < 1.29 is 8.42 Å². The normalized spacial score (nSPS) is 11.9. The Balaban J connectivity index is 1.62. The van der Waals surface area contributed by atoms with Crippen LogP contribution in [0.1, 0.15) is 0 Å². The summed E-state index contributed by atoms with van der Waals surface area (Å²) in [6, 6.07) is 30.4. The van der Waals surface area contributed by atoms with Crippen LogP contribution in [0.15, 0.2) is 107 Å². The van der Waals surface area contributed by atoms with Crippen molar-refractivity contribution in [2.75, 3.05) is 0 Å². The van der Waals surface area contributed by atoms with E-state index in [-0.39, 0.29) is 0 Å². The van der Waals surface area contributed by atoms with E-state index >= 15 is 0 Å². The topological polar surface area (TPSA) is 34.1 Å². The lowest BCUT2D eigenvalue weighted by Gasteiger charge is -2.07. The van der Waals surface area contributed by atoms with Gasteiger partial charge in [-0.2, -0.15) is 0 Å². The number of benzene rings is 4. The molecule has 0 N–H and O–H groups in total. The lowest BCUT2D eigenvalue weighted by molar-refractivity contribution is 0.596. The maximum Gasteiger partial charge on any atom is 0.206 e. The highest BCUT2D eigenvalue weighted by molar-refractivity contribution is 7.91. The Labute approximate surface area is 167 Å². The van der Waals surface area contributed by atoms with Gasteiger partial charge in [0.2, 0.25) is 9.84 Å². The van der Waals surface area contributed by atoms with Gasteiger partial charge in [0.05, 0.1) is 9.79 Å². The van der Waals surface area contributed by atoms with Crippen LogP contribution in [0.4, 0.5) is 0 Å². The monoisotopic (exact) mass is 400 g/mol. The van der Waals surface area contributed by atoms with E-state index in [2.05, 4.69) is 42.5 Å². The Morgan fingerprint density at radius 1 is 0.571 bits per heavy atom. The van der Waals surface area contributed by atoms with Crippen LogP contribution in [-0.2, 0) is 9.84 Å². The number of fused-ring (bicyclic) bond motifs is 3. The third kappa shape index (κ3) is 2.73. The molecule has 4 aromatic carbocycles. The third-order valence-electron chi connectivity index (χ3n) is 4.93. The predicted octanol–water partition coefficient (Wildman–Crippen LogP) is 6.55. The lowest BCUT2D eigenvalue weighted by Crippen LogP contribution is -2.01. The highest BCUT2D eigenvalue weighted by Gasteiger charge is 2.17. The van der Waals surface area contributed by atoms with Crippen LogP contribution in [-0.4, -0.2) is 8.42 Å². The molecule has 4 heteroatoms. The number of rotatable bonds is 3. The Morgan fingerprint density at radius 3 is 2.00 bits per heavy atom. The predicted molar refractivity (Wildman–Crippen MR) is 117 cm³/mol.